The summed E-state index contributed by atoms with van der Waals surface area (Å²) >= 11 is 5.91. The monoisotopic (exact) mass is 524 g/mol. The van der Waals surface area contributed by atoms with Crippen molar-refractivity contribution in [2.24, 2.45) is 4.99 Å². The maximum Gasteiger partial charge on any atom is 0.191 e. The van der Waals surface area contributed by atoms with Crippen molar-refractivity contribution in [2.75, 3.05) is 46.9 Å². The molecule has 1 aromatic rings. The van der Waals surface area contributed by atoms with Crippen LogP contribution in [-0.4, -0.2) is 69.4 Å². The number of hydrogen-bond acceptors (Lipinski definition) is 4. The predicted octanol–water partition coefficient (Wildman–Crippen LogP) is 3.39. The minimum Gasteiger partial charge on any atom is -0.489 e. The molecule has 0 bridgehead atoms. The van der Waals surface area contributed by atoms with Crippen molar-refractivity contribution in [3.05, 3.63) is 29.3 Å². The third kappa shape index (κ3) is 7.93. The van der Waals surface area contributed by atoms with Crippen molar-refractivity contribution < 1.29 is 9.47 Å². The Bertz CT molecular complexity index is 592. The molecule has 0 radical (unpaired) electrons. The molecule has 0 aliphatic carbocycles. The number of halogens is 2. The molecule has 1 aromatic carbocycles. The Morgan fingerprint density at radius 1 is 1.25 bits per heavy atom. The van der Waals surface area contributed by atoms with E-state index in [-0.39, 0.29) is 35.6 Å². The lowest BCUT2D eigenvalue weighted by Gasteiger charge is -2.41. The molecule has 2 rings (SSSR count). The first-order valence-electron chi connectivity index (χ1n) is 9.65. The van der Waals surface area contributed by atoms with Gasteiger partial charge in [-0.3, -0.25) is 4.99 Å². The average molecular weight is 525 g/mol. The Morgan fingerprint density at radius 3 is 2.46 bits per heavy atom. The molecule has 0 saturated carbocycles. The molecule has 1 aliphatic heterocycles. The number of rotatable bonds is 8. The zero-order valence-electron chi connectivity index (χ0n) is 17.3. The highest BCUT2D eigenvalue weighted by atomic mass is 127. The van der Waals surface area contributed by atoms with Crippen molar-refractivity contribution in [2.45, 2.75) is 38.3 Å². The highest BCUT2D eigenvalue weighted by Gasteiger charge is 2.34. The third-order valence-electron chi connectivity index (χ3n) is 4.96. The summed E-state index contributed by atoms with van der Waals surface area (Å²) in [5.41, 5.74) is 0.0615. The molecule has 8 heteroatoms. The van der Waals surface area contributed by atoms with Crippen molar-refractivity contribution in [3.63, 3.8) is 0 Å². The normalized spacial score (nSPS) is 17.6. The van der Waals surface area contributed by atoms with Gasteiger partial charge >= 0.3 is 0 Å². The van der Waals surface area contributed by atoms with Gasteiger partial charge in [-0.25, -0.2) is 0 Å². The first-order valence-corrected chi connectivity index (χ1v) is 10.0. The van der Waals surface area contributed by atoms with Gasteiger partial charge in [0.25, 0.3) is 0 Å². The van der Waals surface area contributed by atoms with E-state index < -0.39 is 0 Å². The average Bonchev–Trinajstić information content (AvgIpc) is 2.66. The van der Waals surface area contributed by atoms with E-state index in [0.717, 1.165) is 50.9 Å². The Hall–Kier alpha value is -0.770. The fourth-order valence-corrected chi connectivity index (χ4v) is 3.22. The summed E-state index contributed by atoms with van der Waals surface area (Å²) in [6, 6.07) is 7.42. The zero-order chi connectivity index (χ0) is 19.7. The molecule has 2 N–H and O–H groups in total. The molecule has 0 aromatic heterocycles. The number of nitrogens with one attached hydrogen (secondary N) is 2. The van der Waals surface area contributed by atoms with E-state index in [1.54, 1.807) is 0 Å². The second-order valence-electron chi connectivity index (χ2n) is 7.19. The molecule has 1 heterocycles. The summed E-state index contributed by atoms with van der Waals surface area (Å²) in [7, 11) is 4.26. The van der Waals surface area contributed by atoms with E-state index in [4.69, 9.17) is 26.1 Å². The fourth-order valence-electron chi connectivity index (χ4n) is 3.09. The molecule has 0 amide bonds. The lowest BCUT2D eigenvalue weighted by molar-refractivity contribution is -0.00255. The highest BCUT2D eigenvalue weighted by molar-refractivity contribution is 14.0. The summed E-state index contributed by atoms with van der Waals surface area (Å²) in [5.74, 6) is 1.63. The van der Waals surface area contributed by atoms with Crippen LogP contribution in [-0.2, 0) is 4.74 Å². The number of hydrogen-bond donors (Lipinski definition) is 2. The standard InChI is InChI=1S/C20H33ClN4O2.HI/c1-5-22-19(24-15-20(25(3)4)10-12-26-13-11-20)23-14-16(2)27-18-8-6-17(21)7-9-18;/h6-9,16H,5,10-15H2,1-4H3,(H2,22,23,24);1H. The molecule has 6 nitrogen and oxygen atoms in total. The largest absolute Gasteiger partial charge is 0.489 e. The number of aliphatic imine (C=N–C) groups is 1. The molecular formula is C20H34ClIN4O2. The zero-order valence-corrected chi connectivity index (χ0v) is 20.4. The van der Waals surface area contributed by atoms with Crippen LogP contribution in [0.15, 0.2) is 29.3 Å². The second-order valence-corrected chi connectivity index (χ2v) is 7.63. The van der Waals surface area contributed by atoms with Crippen LogP contribution >= 0.6 is 35.6 Å². The molecule has 1 aliphatic rings. The summed E-state index contributed by atoms with van der Waals surface area (Å²) in [4.78, 5) is 7.13. The van der Waals surface area contributed by atoms with Crippen molar-refractivity contribution >= 4 is 41.5 Å². The van der Waals surface area contributed by atoms with Gasteiger partial charge in [0.15, 0.2) is 5.96 Å². The Labute approximate surface area is 191 Å². The van der Waals surface area contributed by atoms with Gasteiger partial charge in [-0.1, -0.05) is 11.6 Å². The van der Waals surface area contributed by atoms with E-state index in [0.29, 0.717) is 11.6 Å². The van der Waals surface area contributed by atoms with E-state index in [1.807, 2.05) is 31.2 Å². The summed E-state index contributed by atoms with van der Waals surface area (Å²) < 4.78 is 11.5. The van der Waals surface area contributed by atoms with Gasteiger partial charge in [0.1, 0.15) is 11.9 Å². The molecule has 0 spiro atoms. The fraction of sp³-hybridized carbons (Fsp3) is 0.650. The van der Waals surface area contributed by atoms with Crippen LogP contribution < -0.4 is 15.4 Å². The topological polar surface area (TPSA) is 58.1 Å². The SMILES string of the molecule is CCNC(=NCC1(N(C)C)CCOCC1)NCC(C)Oc1ccc(Cl)cc1.I. The smallest absolute Gasteiger partial charge is 0.191 e. The van der Waals surface area contributed by atoms with E-state index in [2.05, 4.69) is 36.6 Å². The van der Waals surface area contributed by atoms with Crippen LogP contribution in [0.1, 0.15) is 26.7 Å². The number of likely N-dealkylation sites (N-methyl/N-ethyl adjacent to an activating group) is 1. The third-order valence-corrected chi connectivity index (χ3v) is 5.21. The maximum absolute atomic E-state index is 5.92. The van der Waals surface area contributed by atoms with Gasteiger partial charge in [-0.15, -0.1) is 24.0 Å². The molecular weight excluding hydrogens is 491 g/mol. The number of nitrogens with zero attached hydrogens (tertiary/aromatic N) is 2. The number of ether oxygens (including phenoxy) is 2. The first kappa shape index (κ1) is 25.3. The van der Waals surface area contributed by atoms with E-state index in [1.165, 1.54) is 0 Å². The molecule has 28 heavy (non-hydrogen) atoms. The van der Waals surface area contributed by atoms with Crippen molar-refractivity contribution in [3.8, 4) is 5.75 Å². The van der Waals surface area contributed by atoms with E-state index in [9.17, 15) is 0 Å². The summed E-state index contributed by atoms with van der Waals surface area (Å²) in [6.45, 7) is 7.91. The Morgan fingerprint density at radius 2 is 1.89 bits per heavy atom. The quantitative estimate of drug-likeness (QED) is 0.310. The van der Waals surface area contributed by atoms with Crippen LogP contribution in [0.5, 0.6) is 5.75 Å². The Kier molecular flexibility index (Phi) is 11.5. The maximum atomic E-state index is 5.92. The predicted molar refractivity (Wildman–Crippen MR) is 127 cm³/mol. The van der Waals surface area contributed by atoms with Crippen LogP contribution in [0.3, 0.4) is 0 Å². The lowest BCUT2D eigenvalue weighted by atomic mass is 9.89. The van der Waals surface area contributed by atoms with Crippen molar-refractivity contribution in [1.29, 1.82) is 0 Å². The van der Waals surface area contributed by atoms with Gasteiger partial charge in [-0.05, 0) is 65.0 Å². The van der Waals surface area contributed by atoms with Crippen molar-refractivity contribution in [1.82, 2.24) is 15.5 Å². The number of benzene rings is 1. The second kappa shape index (κ2) is 12.7. The molecule has 1 saturated heterocycles. The van der Waals surface area contributed by atoms with Crippen LogP contribution in [0.2, 0.25) is 5.02 Å². The molecule has 1 atom stereocenters. The summed E-state index contributed by atoms with van der Waals surface area (Å²) in [6.07, 6.45) is 2.00. The van der Waals surface area contributed by atoms with E-state index >= 15 is 0 Å². The lowest BCUT2D eigenvalue weighted by Crippen LogP contribution is -2.52. The van der Waals surface area contributed by atoms with Crippen LogP contribution in [0.4, 0.5) is 0 Å². The molecule has 160 valence electrons. The highest BCUT2D eigenvalue weighted by Crippen LogP contribution is 2.26. The van der Waals surface area contributed by atoms with Gasteiger partial charge in [0, 0.05) is 30.3 Å². The van der Waals surface area contributed by atoms with Gasteiger partial charge in [0.2, 0.25) is 0 Å². The molecule has 1 fully saturated rings. The minimum absolute atomic E-state index is 0. The van der Waals surface area contributed by atoms with Gasteiger partial charge in [0.05, 0.1) is 13.1 Å². The van der Waals surface area contributed by atoms with Crippen LogP contribution in [0.25, 0.3) is 0 Å². The minimum atomic E-state index is 0. The Balaban J connectivity index is 0.00000392. The summed E-state index contributed by atoms with van der Waals surface area (Å²) in [5, 5.41) is 7.41. The van der Waals surface area contributed by atoms with Crippen LogP contribution in [0, 0.1) is 0 Å². The first-order chi connectivity index (χ1) is 12.9. The number of guanidine groups is 1. The van der Waals surface area contributed by atoms with Gasteiger partial charge < -0.3 is 25.0 Å². The molecule has 1 unspecified atom stereocenters. The van der Waals surface area contributed by atoms with Gasteiger partial charge in [-0.2, -0.15) is 0 Å².